The third-order valence-electron chi connectivity index (χ3n) is 6.84. The molecule has 0 aliphatic rings. The summed E-state index contributed by atoms with van der Waals surface area (Å²) < 4.78 is 0. The second-order valence-corrected chi connectivity index (χ2v) is 11.1. The smallest absolute Gasteiger partial charge is 0.668 e. The minimum atomic E-state index is 0. The van der Waals surface area contributed by atoms with Gasteiger partial charge in [0.25, 0.3) is 0 Å². The molecule has 0 atom stereocenters. The number of aryl methyl sites for hydroxylation is 6. The largest absolute Gasteiger partial charge is 4.00 e. The quantitative estimate of drug-likeness (QED) is 0.177. The van der Waals surface area contributed by atoms with Crippen LogP contribution < -0.4 is 0 Å². The van der Waals surface area contributed by atoms with Crippen LogP contribution in [0.5, 0.6) is 0 Å². The van der Waals surface area contributed by atoms with Crippen molar-refractivity contribution in [3.8, 4) is 22.5 Å². The zero-order chi connectivity index (χ0) is 32.2. The summed E-state index contributed by atoms with van der Waals surface area (Å²) in [6.07, 6.45) is 0. The zero-order valence-electron chi connectivity index (χ0n) is 28.4. The molecule has 0 unspecified atom stereocenters. The first-order chi connectivity index (χ1) is 21.1. The van der Waals surface area contributed by atoms with E-state index in [4.69, 9.17) is 15.6 Å². The van der Waals surface area contributed by atoms with Gasteiger partial charge >= 0.3 is 26.2 Å². The Balaban J connectivity index is 0.000000935. The molecule has 0 radical (unpaired) electrons. The van der Waals surface area contributed by atoms with Crippen LogP contribution in [0.4, 0.5) is 22.7 Å². The van der Waals surface area contributed by atoms with E-state index >= 15 is 0 Å². The molecule has 45 heavy (non-hydrogen) atoms. The molecule has 4 aromatic carbocycles. The van der Waals surface area contributed by atoms with Crippen LogP contribution in [0.2, 0.25) is 0 Å². The molecule has 1 aromatic heterocycles. The Morgan fingerprint density at radius 2 is 0.756 bits per heavy atom. The zero-order valence-corrected chi connectivity index (χ0v) is 30.9. The van der Waals surface area contributed by atoms with Gasteiger partial charge in [-0.1, -0.05) is 112 Å². The number of nitrogens with zero attached hydrogens (tertiary/aromatic N) is 5. The maximum Gasteiger partial charge on any atom is 4.00 e. The Morgan fingerprint density at radius 3 is 1.09 bits per heavy atom. The Kier molecular flexibility index (Phi) is 15.4. The molecule has 0 saturated heterocycles. The van der Waals surface area contributed by atoms with Crippen molar-refractivity contribution in [2.75, 3.05) is 28.2 Å². The fourth-order valence-electron chi connectivity index (χ4n) is 5.25. The summed E-state index contributed by atoms with van der Waals surface area (Å²) in [5.74, 6) is 0. The van der Waals surface area contributed by atoms with E-state index in [1.165, 1.54) is 33.4 Å². The molecule has 0 N–H and O–H groups in total. The van der Waals surface area contributed by atoms with E-state index in [2.05, 4.69) is 119 Å². The third kappa shape index (κ3) is 10.2. The summed E-state index contributed by atoms with van der Waals surface area (Å²) in [7, 11) is 7.00. The van der Waals surface area contributed by atoms with E-state index in [0.717, 1.165) is 45.3 Å². The molecule has 5 aromatic rings. The van der Waals surface area contributed by atoms with Crippen molar-refractivity contribution in [1.82, 2.24) is 4.98 Å². The maximum absolute atomic E-state index is 5.12. The van der Waals surface area contributed by atoms with Gasteiger partial charge in [-0.3, -0.25) is 0 Å². The predicted octanol–water partition coefficient (Wildman–Crippen LogP) is 12.2. The van der Waals surface area contributed by atoms with Crippen molar-refractivity contribution < 1.29 is 26.2 Å². The van der Waals surface area contributed by atoms with E-state index in [1.807, 2.05) is 24.3 Å². The average molecular weight is 675 g/mol. The molecule has 0 bridgehead atoms. The van der Waals surface area contributed by atoms with Gasteiger partial charge in [-0.15, -0.1) is 22.7 Å². The molecule has 0 aliphatic carbocycles. The molecule has 5 rings (SSSR count). The topological polar surface area (TPSA) is 69.3 Å². The molecule has 0 amide bonds. The molecular weight excluding hydrogens is 630 g/mol. The third-order valence-corrected chi connectivity index (χ3v) is 6.84. The second kappa shape index (κ2) is 18.4. The number of hydrogen-bond acceptors (Lipinski definition) is 1. The van der Waals surface area contributed by atoms with Gasteiger partial charge in [-0.2, -0.15) is 28.2 Å². The summed E-state index contributed by atoms with van der Waals surface area (Å²) in [5.41, 5.74) is 14.9. The van der Waals surface area contributed by atoms with Gasteiger partial charge in [0, 0.05) is 0 Å². The monoisotopic (exact) mass is 673 g/mol. The predicted molar refractivity (Wildman–Crippen MR) is 192 cm³/mol. The van der Waals surface area contributed by atoms with Gasteiger partial charge < -0.3 is 21.3 Å². The van der Waals surface area contributed by atoms with Crippen LogP contribution in [0.1, 0.15) is 33.4 Å². The van der Waals surface area contributed by atoms with Crippen molar-refractivity contribution >= 4 is 22.7 Å². The normalized spacial score (nSPS) is 10.0. The summed E-state index contributed by atoms with van der Waals surface area (Å²) in [5, 5.41) is 17.2. The standard InChI is InChI=1S/C35H33N3.2C2H6N.Zr/c1-22-18-24(3)34(25(4)19-22)37-32-14-9-7-12-28(32)30-16-11-17-31(36-30)29-13-8-10-15-33(29)38-35-26(5)20-23(2)21-27(35)6;2*1-3-2;/h7-21H,1-6H3;2*1-2H3;/q-2;2*-1;+4. The van der Waals surface area contributed by atoms with Gasteiger partial charge in [0.15, 0.2) is 0 Å². The van der Waals surface area contributed by atoms with E-state index in [0.29, 0.717) is 0 Å². The molecular formula is C39H45N5Zr. The summed E-state index contributed by atoms with van der Waals surface area (Å²) in [4.78, 5) is 5.12. The minimum absolute atomic E-state index is 0. The summed E-state index contributed by atoms with van der Waals surface area (Å²) in [6, 6.07) is 31.4. The number of benzene rings is 4. The van der Waals surface area contributed by atoms with Crippen molar-refractivity contribution in [1.29, 1.82) is 0 Å². The fourth-order valence-corrected chi connectivity index (χ4v) is 5.25. The Labute approximate surface area is 290 Å². The van der Waals surface area contributed by atoms with Gasteiger partial charge in [-0.05, 0) is 64.8 Å². The Hall–Kier alpha value is -3.57. The molecule has 1 heterocycles. The molecule has 0 fully saturated rings. The van der Waals surface area contributed by atoms with Gasteiger partial charge in [-0.25, -0.2) is 4.98 Å². The number of hydrogen-bond donors (Lipinski definition) is 0. The second-order valence-electron chi connectivity index (χ2n) is 11.1. The van der Waals surface area contributed by atoms with Crippen molar-refractivity contribution in [3.05, 3.63) is 146 Å². The average Bonchev–Trinajstić information content (AvgIpc) is 2.98. The first kappa shape index (κ1) is 37.6. The van der Waals surface area contributed by atoms with Crippen LogP contribution in [0.15, 0.2) is 91.0 Å². The van der Waals surface area contributed by atoms with E-state index in [1.54, 1.807) is 28.2 Å². The van der Waals surface area contributed by atoms with Crippen LogP contribution in [-0.2, 0) is 26.2 Å². The Morgan fingerprint density at radius 1 is 0.444 bits per heavy atom. The first-order valence-corrected chi connectivity index (χ1v) is 14.8. The first-order valence-electron chi connectivity index (χ1n) is 14.8. The van der Waals surface area contributed by atoms with E-state index < -0.39 is 0 Å². The number of aromatic nitrogens is 1. The number of para-hydroxylation sites is 2. The Bertz CT molecular complexity index is 1510. The molecule has 0 aliphatic heterocycles. The van der Waals surface area contributed by atoms with Gasteiger partial charge in [0.05, 0.1) is 11.4 Å². The van der Waals surface area contributed by atoms with E-state index in [9.17, 15) is 0 Å². The molecule has 6 heteroatoms. The van der Waals surface area contributed by atoms with Gasteiger partial charge in [0.2, 0.25) is 0 Å². The summed E-state index contributed by atoms with van der Waals surface area (Å²) >= 11 is 0. The van der Waals surface area contributed by atoms with Gasteiger partial charge in [0.1, 0.15) is 0 Å². The van der Waals surface area contributed by atoms with Crippen molar-refractivity contribution in [3.63, 3.8) is 0 Å². The SMILES string of the molecule is C[N-]C.C[N-]C.Cc1cc(C)c([N-]c2ccccc2-c2cccc(-c3ccccc3[N-]c3c(C)cc(C)cc3C)n2)c(C)c1.[Zr+4]. The van der Waals surface area contributed by atoms with Crippen LogP contribution in [0.3, 0.4) is 0 Å². The molecule has 5 nitrogen and oxygen atoms in total. The maximum atomic E-state index is 5.12. The van der Waals surface area contributed by atoms with Crippen LogP contribution >= 0.6 is 0 Å². The van der Waals surface area contributed by atoms with Crippen molar-refractivity contribution in [2.45, 2.75) is 41.5 Å². The van der Waals surface area contributed by atoms with Crippen LogP contribution in [0, 0.1) is 41.5 Å². The van der Waals surface area contributed by atoms with Crippen LogP contribution in [0.25, 0.3) is 43.8 Å². The van der Waals surface area contributed by atoms with E-state index in [-0.39, 0.29) is 26.2 Å². The number of pyridine rings is 1. The van der Waals surface area contributed by atoms with Crippen LogP contribution in [-0.4, -0.2) is 33.2 Å². The number of rotatable bonds is 6. The molecule has 230 valence electrons. The van der Waals surface area contributed by atoms with Crippen molar-refractivity contribution in [2.24, 2.45) is 0 Å². The summed E-state index contributed by atoms with van der Waals surface area (Å²) in [6.45, 7) is 12.7. The molecule has 0 spiro atoms. The fraction of sp³-hybridized carbons (Fsp3) is 0.256. The molecule has 0 saturated carbocycles. The minimum Gasteiger partial charge on any atom is -0.668 e.